The summed E-state index contributed by atoms with van der Waals surface area (Å²) in [4.78, 5) is 12.0. The van der Waals surface area contributed by atoms with Gasteiger partial charge < -0.3 is 10.6 Å². The minimum Gasteiger partial charge on any atom is -0.380 e. The van der Waals surface area contributed by atoms with Crippen molar-refractivity contribution in [1.82, 2.24) is 0 Å². The summed E-state index contributed by atoms with van der Waals surface area (Å²) in [6, 6.07) is 3.44. The van der Waals surface area contributed by atoms with Gasteiger partial charge in [-0.2, -0.15) is 13.2 Å². The van der Waals surface area contributed by atoms with Crippen molar-refractivity contribution in [3.8, 4) is 0 Å². The number of carbonyl (C=O) groups excluding carboxylic acids is 1. The fourth-order valence-electron chi connectivity index (χ4n) is 2.82. The predicted octanol–water partition coefficient (Wildman–Crippen LogP) is 3.24. The largest absolute Gasteiger partial charge is 0.416 e. The van der Waals surface area contributed by atoms with E-state index in [9.17, 15) is 18.0 Å². The maximum atomic E-state index is 12.7. The number of benzene rings is 1. The van der Waals surface area contributed by atoms with Gasteiger partial charge >= 0.3 is 6.18 Å². The van der Waals surface area contributed by atoms with E-state index in [-0.39, 0.29) is 23.6 Å². The lowest BCUT2D eigenvalue weighted by atomic mass is 10.0. The van der Waals surface area contributed by atoms with Crippen LogP contribution in [0.3, 0.4) is 0 Å². The molecule has 3 nitrogen and oxygen atoms in total. The summed E-state index contributed by atoms with van der Waals surface area (Å²) in [6.45, 7) is 0. The zero-order valence-corrected chi connectivity index (χ0v) is 10.1. The zero-order valence-electron chi connectivity index (χ0n) is 10.1. The number of fused-ring (bicyclic) bond motifs is 2. The Hall–Kier alpha value is -1.72. The smallest absolute Gasteiger partial charge is 0.380 e. The van der Waals surface area contributed by atoms with Crippen LogP contribution in [0.15, 0.2) is 18.2 Å². The van der Waals surface area contributed by atoms with Crippen molar-refractivity contribution in [3.63, 3.8) is 0 Å². The van der Waals surface area contributed by atoms with E-state index in [1.807, 2.05) is 0 Å². The SMILES string of the molecule is O=C1Nc2cc(C(F)(F)F)ccc2NC2CCCC12. The van der Waals surface area contributed by atoms with Crippen molar-refractivity contribution < 1.29 is 18.0 Å². The van der Waals surface area contributed by atoms with Crippen LogP contribution in [0.1, 0.15) is 24.8 Å². The second-order valence-electron chi connectivity index (χ2n) is 5.04. The van der Waals surface area contributed by atoms with Crippen molar-refractivity contribution in [2.45, 2.75) is 31.5 Å². The molecule has 3 rings (SSSR count). The predicted molar refractivity (Wildman–Crippen MR) is 64.8 cm³/mol. The van der Waals surface area contributed by atoms with Crippen LogP contribution in [-0.2, 0) is 11.0 Å². The number of anilines is 2. The molecule has 1 aromatic carbocycles. The molecule has 19 heavy (non-hydrogen) atoms. The molecule has 1 fully saturated rings. The Labute approximate surface area is 108 Å². The van der Waals surface area contributed by atoms with Crippen LogP contribution in [0.25, 0.3) is 0 Å². The molecule has 0 saturated heterocycles. The number of nitrogens with one attached hydrogen (secondary N) is 2. The standard InChI is InChI=1S/C13H13F3N2O/c14-13(15,16)7-4-5-10-11(6-7)18-12(19)8-2-1-3-9(8)17-10/h4-6,8-9,17H,1-3H2,(H,18,19). The minimum absolute atomic E-state index is 0.0259. The lowest BCUT2D eigenvalue weighted by Gasteiger charge is -2.16. The van der Waals surface area contributed by atoms with Gasteiger partial charge in [0.1, 0.15) is 0 Å². The van der Waals surface area contributed by atoms with Gasteiger partial charge in [0.05, 0.1) is 22.9 Å². The average molecular weight is 270 g/mol. The lowest BCUT2D eigenvalue weighted by Crippen LogP contribution is -2.30. The van der Waals surface area contributed by atoms with Gasteiger partial charge in [-0.25, -0.2) is 0 Å². The van der Waals surface area contributed by atoms with E-state index in [0.717, 1.165) is 31.4 Å². The Bertz CT molecular complexity index is 527. The number of alkyl halides is 3. The first kappa shape index (κ1) is 12.3. The normalized spacial score (nSPS) is 25.9. The number of hydrogen-bond acceptors (Lipinski definition) is 2. The lowest BCUT2D eigenvalue weighted by molar-refractivity contribution is -0.137. The van der Waals surface area contributed by atoms with Gasteiger partial charge in [-0.1, -0.05) is 6.42 Å². The van der Waals surface area contributed by atoms with E-state index in [1.54, 1.807) is 0 Å². The minimum atomic E-state index is -4.40. The third-order valence-corrected chi connectivity index (χ3v) is 3.80. The molecule has 0 bridgehead atoms. The highest BCUT2D eigenvalue weighted by Gasteiger charge is 2.37. The van der Waals surface area contributed by atoms with Crippen LogP contribution in [0.4, 0.5) is 24.5 Å². The first-order valence-corrected chi connectivity index (χ1v) is 6.24. The molecule has 2 atom stereocenters. The van der Waals surface area contributed by atoms with E-state index < -0.39 is 11.7 Å². The number of rotatable bonds is 0. The second kappa shape index (κ2) is 4.15. The van der Waals surface area contributed by atoms with Crippen LogP contribution in [0.2, 0.25) is 0 Å². The van der Waals surface area contributed by atoms with Gasteiger partial charge in [-0.3, -0.25) is 4.79 Å². The molecule has 0 aromatic heterocycles. The Morgan fingerprint density at radius 2 is 1.95 bits per heavy atom. The van der Waals surface area contributed by atoms with Gasteiger partial charge in [0.2, 0.25) is 5.91 Å². The molecule has 1 amide bonds. The molecule has 1 aliphatic carbocycles. The molecule has 2 N–H and O–H groups in total. The number of carbonyl (C=O) groups is 1. The van der Waals surface area contributed by atoms with Gasteiger partial charge in [0.25, 0.3) is 0 Å². The van der Waals surface area contributed by atoms with Gasteiger partial charge in [0.15, 0.2) is 0 Å². The third kappa shape index (κ3) is 2.15. The Kier molecular flexibility index (Phi) is 2.69. The molecular weight excluding hydrogens is 257 g/mol. The zero-order chi connectivity index (χ0) is 13.6. The average Bonchev–Trinajstić information content (AvgIpc) is 2.73. The van der Waals surface area contributed by atoms with Crippen molar-refractivity contribution in [1.29, 1.82) is 0 Å². The fraction of sp³-hybridized carbons (Fsp3) is 0.462. The maximum Gasteiger partial charge on any atom is 0.416 e. The molecule has 0 radical (unpaired) electrons. The first-order valence-electron chi connectivity index (χ1n) is 6.24. The van der Waals surface area contributed by atoms with E-state index in [2.05, 4.69) is 10.6 Å². The number of halogens is 3. The summed E-state index contributed by atoms with van der Waals surface area (Å²) in [7, 11) is 0. The van der Waals surface area contributed by atoms with Crippen LogP contribution >= 0.6 is 0 Å². The molecular formula is C13H13F3N2O. The fourth-order valence-corrected chi connectivity index (χ4v) is 2.82. The van der Waals surface area contributed by atoms with Gasteiger partial charge in [-0.15, -0.1) is 0 Å². The van der Waals surface area contributed by atoms with E-state index in [4.69, 9.17) is 0 Å². The van der Waals surface area contributed by atoms with Crippen LogP contribution in [-0.4, -0.2) is 11.9 Å². The van der Waals surface area contributed by atoms with Crippen LogP contribution in [0, 0.1) is 5.92 Å². The van der Waals surface area contributed by atoms with Gasteiger partial charge in [-0.05, 0) is 31.0 Å². The molecule has 0 spiro atoms. The van der Waals surface area contributed by atoms with Crippen molar-refractivity contribution >= 4 is 17.3 Å². The van der Waals surface area contributed by atoms with Gasteiger partial charge in [0, 0.05) is 6.04 Å². The molecule has 2 aliphatic rings. The highest BCUT2D eigenvalue weighted by Crippen LogP contribution is 2.38. The summed E-state index contributed by atoms with van der Waals surface area (Å²) in [5.74, 6) is -0.338. The van der Waals surface area contributed by atoms with E-state index >= 15 is 0 Å². The second-order valence-corrected chi connectivity index (χ2v) is 5.04. The summed E-state index contributed by atoms with van der Waals surface area (Å²) in [5.41, 5.74) is 0.0328. The van der Waals surface area contributed by atoms with Crippen LogP contribution in [0.5, 0.6) is 0 Å². The quantitative estimate of drug-likeness (QED) is 0.760. The van der Waals surface area contributed by atoms with E-state index in [1.165, 1.54) is 6.07 Å². The van der Waals surface area contributed by atoms with Crippen molar-refractivity contribution in [3.05, 3.63) is 23.8 Å². The highest BCUT2D eigenvalue weighted by molar-refractivity contribution is 5.98. The Morgan fingerprint density at radius 1 is 1.16 bits per heavy atom. The van der Waals surface area contributed by atoms with E-state index in [0.29, 0.717) is 5.69 Å². The third-order valence-electron chi connectivity index (χ3n) is 3.80. The Balaban J connectivity index is 1.98. The molecule has 1 aliphatic heterocycles. The molecule has 6 heteroatoms. The number of hydrogen-bond donors (Lipinski definition) is 2. The number of amides is 1. The highest BCUT2D eigenvalue weighted by atomic mass is 19.4. The summed E-state index contributed by atoms with van der Waals surface area (Å²) >= 11 is 0. The molecule has 102 valence electrons. The van der Waals surface area contributed by atoms with Crippen molar-refractivity contribution in [2.24, 2.45) is 5.92 Å². The molecule has 1 heterocycles. The molecule has 1 aromatic rings. The van der Waals surface area contributed by atoms with Crippen LogP contribution < -0.4 is 10.6 Å². The summed E-state index contributed by atoms with van der Waals surface area (Å²) < 4.78 is 38.0. The maximum absolute atomic E-state index is 12.7. The first-order chi connectivity index (χ1) is 8.95. The summed E-state index contributed by atoms with van der Waals surface area (Å²) in [6.07, 6.45) is -1.78. The summed E-state index contributed by atoms with van der Waals surface area (Å²) in [5, 5.41) is 5.78. The molecule has 1 saturated carbocycles. The Morgan fingerprint density at radius 3 is 2.68 bits per heavy atom. The van der Waals surface area contributed by atoms with Crippen molar-refractivity contribution in [2.75, 3.05) is 10.6 Å². The molecule has 2 unspecified atom stereocenters. The topological polar surface area (TPSA) is 41.1 Å². The monoisotopic (exact) mass is 270 g/mol.